The number of aliphatic hydroxyl groups is 1. The van der Waals surface area contributed by atoms with Crippen LogP contribution in [0.15, 0.2) is 0 Å². The van der Waals surface area contributed by atoms with Crippen LogP contribution in [0, 0.1) is 0 Å². The molecule has 1 aliphatic heterocycles. The largest absolute Gasteiger partial charge is 0.391 e. The van der Waals surface area contributed by atoms with Crippen molar-refractivity contribution < 1.29 is 9.59 Å². The van der Waals surface area contributed by atoms with Crippen molar-refractivity contribution in [2.24, 2.45) is 0 Å². The summed E-state index contributed by atoms with van der Waals surface area (Å²) in [5, 5.41) is 8.99. The minimum absolute atomic E-state index is 0.361. The Labute approximate surface area is 75.8 Å². The molecular weight excluding hydrogens is 150 g/mol. The number of rotatable bonds is 4. The molecule has 0 bridgehead atoms. The summed E-state index contributed by atoms with van der Waals surface area (Å²) in [7, 11) is 0. The Morgan fingerprint density at radius 3 is 2.25 bits per heavy atom. The van der Waals surface area contributed by atoms with Crippen molar-refractivity contribution in [3.8, 4) is 0 Å². The molecule has 0 aliphatic carbocycles. The molecule has 0 unspecified atom stereocenters. The number of aliphatic hydroxyl groups excluding tert-OH is 1. The summed E-state index contributed by atoms with van der Waals surface area (Å²) in [6, 6.07) is 0. The molecule has 1 rings (SSSR count). The van der Waals surface area contributed by atoms with Crippen molar-refractivity contribution in [2.75, 3.05) is 32.8 Å². The predicted octanol–water partition coefficient (Wildman–Crippen LogP) is 1.39. The first kappa shape index (κ1) is 10.0. The van der Waals surface area contributed by atoms with Crippen molar-refractivity contribution in [3.63, 3.8) is 0 Å². The van der Waals surface area contributed by atoms with E-state index in [1.807, 2.05) is 0 Å². The zero-order valence-corrected chi connectivity index (χ0v) is 8.26. The van der Waals surface area contributed by atoms with Gasteiger partial charge in [-0.2, -0.15) is 0 Å². The molecule has 0 saturated carbocycles. The van der Waals surface area contributed by atoms with Gasteiger partial charge in [-0.25, -0.2) is 0 Å². The number of hydrogen-bond acceptors (Lipinski definition) is 1. The summed E-state index contributed by atoms with van der Waals surface area (Å²) < 4.78 is 1.19. The third-order valence-corrected chi connectivity index (χ3v) is 3.04. The summed E-state index contributed by atoms with van der Waals surface area (Å²) in [6.07, 6.45) is 5.37. The lowest BCUT2D eigenvalue weighted by molar-refractivity contribution is -0.932. The van der Waals surface area contributed by atoms with Crippen LogP contribution in [0.4, 0.5) is 0 Å². The number of hydrogen-bond donors (Lipinski definition) is 1. The van der Waals surface area contributed by atoms with Crippen molar-refractivity contribution >= 4 is 0 Å². The summed E-state index contributed by atoms with van der Waals surface area (Å²) in [4.78, 5) is 0. The maximum atomic E-state index is 8.99. The fraction of sp³-hybridized carbons (Fsp3) is 1.00. The Balaban J connectivity index is 2.44. The Morgan fingerprint density at radius 1 is 1.08 bits per heavy atom. The lowest BCUT2D eigenvalue weighted by Crippen LogP contribution is -2.53. The minimum atomic E-state index is 0.361. The zero-order valence-electron chi connectivity index (χ0n) is 8.26. The van der Waals surface area contributed by atoms with Crippen LogP contribution >= 0.6 is 0 Å². The van der Waals surface area contributed by atoms with Gasteiger partial charge in [0.05, 0.1) is 26.2 Å². The van der Waals surface area contributed by atoms with Gasteiger partial charge in [-0.1, -0.05) is 6.92 Å². The smallest absolute Gasteiger partial charge is 0.102 e. The first-order chi connectivity index (χ1) is 5.83. The van der Waals surface area contributed by atoms with Gasteiger partial charge in [0, 0.05) is 0 Å². The first-order valence-corrected chi connectivity index (χ1v) is 5.29. The van der Waals surface area contributed by atoms with Crippen LogP contribution in [0.25, 0.3) is 0 Å². The normalized spacial score (nSPS) is 22.5. The van der Waals surface area contributed by atoms with Gasteiger partial charge in [0.2, 0.25) is 0 Å². The molecule has 0 atom stereocenters. The molecule has 0 amide bonds. The summed E-state index contributed by atoms with van der Waals surface area (Å²) >= 11 is 0. The van der Waals surface area contributed by atoms with E-state index in [2.05, 4.69) is 6.92 Å². The lowest BCUT2D eigenvalue weighted by atomic mass is 10.1. The monoisotopic (exact) mass is 172 g/mol. The van der Waals surface area contributed by atoms with Gasteiger partial charge < -0.3 is 9.59 Å². The molecule has 1 aliphatic rings. The van der Waals surface area contributed by atoms with E-state index in [9.17, 15) is 0 Å². The topological polar surface area (TPSA) is 20.2 Å². The third-order valence-electron chi connectivity index (χ3n) is 3.04. The highest BCUT2D eigenvalue weighted by Crippen LogP contribution is 2.18. The van der Waals surface area contributed by atoms with Crippen LogP contribution in [0.5, 0.6) is 0 Å². The van der Waals surface area contributed by atoms with Gasteiger partial charge >= 0.3 is 0 Å². The summed E-state index contributed by atoms with van der Waals surface area (Å²) in [5.41, 5.74) is 0. The van der Waals surface area contributed by atoms with Gasteiger partial charge in [0.15, 0.2) is 0 Å². The molecular formula is C10H22NO+. The Hall–Kier alpha value is -0.0800. The van der Waals surface area contributed by atoms with Crippen LogP contribution in [-0.4, -0.2) is 42.4 Å². The molecule has 1 fully saturated rings. The second-order valence-electron chi connectivity index (χ2n) is 4.02. The van der Waals surface area contributed by atoms with E-state index in [4.69, 9.17) is 5.11 Å². The number of piperidine rings is 1. The van der Waals surface area contributed by atoms with Crippen molar-refractivity contribution in [2.45, 2.75) is 32.6 Å². The molecule has 0 aromatic rings. The van der Waals surface area contributed by atoms with E-state index in [0.717, 1.165) is 6.54 Å². The fourth-order valence-electron chi connectivity index (χ4n) is 2.43. The number of quaternary nitrogens is 1. The molecule has 12 heavy (non-hydrogen) atoms. The van der Waals surface area contributed by atoms with E-state index in [0.29, 0.717) is 6.61 Å². The first-order valence-electron chi connectivity index (χ1n) is 5.29. The third kappa shape index (κ3) is 2.46. The van der Waals surface area contributed by atoms with E-state index < -0.39 is 0 Å². The van der Waals surface area contributed by atoms with Crippen molar-refractivity contribution in [1.29, 1.82) is 0 Å². The minimum Gasteiger partial charge on any atom is -0.391 e. The molecule has 0 aromatic carbocycles. The van der Waals surface area contributed by atoms with E-state index in [-0.39, 0.29) is 0 Å². The number of likely N-dealkylation sites (tertiary alicyclic amines) is 1. The number of nitrogens with zero attached hydrogens (tertiary/aromatic N) is 1. The zero-order chi connectivity index (χ0) is 8.86. The van der Waals surface area contributed by atoms with Gasteiger partial charge in [-0.3, -0.25) is 0 Å². The highest BCUT2D eigenvalue weighted by Gasteiger charge is 2.27. The van der Waals surface area contributed by atoms with Crippen LogP contribution < -0.4 is 0 Å². The SMILES string of the molecule is CCC[N+]1(CCO)CCCCC1. The van der Waals surface area contributed by atoms with Crippen LogP contribution in [0.1, 0.15) is 32.6 Å². The highest BCUT2D eigenvalue weighted by molar-refractivity contribution is 4.53. The Morgan fingerprint density at radius 2 is 1.75 bits per heavy atom. The molecule has 1 N–H and O–H groups in total. The van der Waals surface area contributed by atoms with E-state index >= 15 is 0 Å². The molecule has 1 heterocycles. The highest BCUT2D eigenvalue weighted by atomic mass is 16.3. The second kappa shape index (κ2) is 4.83. The van der Waals surface area contributed by atoms with Crippen molar-refractivity contribution in [3.05, 3.63) is 0 Å². The molecule has 1 saturated heterocycles. The van der Waals surface area contributed by atoms with E-state index in [1.165, 1.54) is 49.8 Å². The summed E-state index contributed by atoms with van der Waals surface area (Å²) in [6.45, 7) is 7.45. The molecule has 0 spiro atoms. The molecule has 2 heteroatoms. The lowest BCUT2D eigenvalue weighted by Gasteiger charge is -2.41. The van der Waals surface area contributed by atoms with E-state index in [1.54, 1.807) is 0 Å². The van der Waals surface area contributed by atoms with Gasteiger partial charge in [0.25, 0.3) is 0 Å². The fourth-order valence-corrected chi connectivity index (χ4v) is 2.43. The van der Waals surface area contributed by atoms with Crippen LogP contribution in [0.3, 0.4) is 0 Å². The quantitative estimate of drug-likeness (QED) is 0.635. The molecule has 72 valence electrons. The molecule has 0 aromatic heterocycles. The van der Waals surface area contributed by atoms with Crippen molar-refractivity contribution in [1.82, 2.24) is 0 Å². The standard InChI is InChI=1S/C10H22NO/c1-2-6-11(9-10-12)7-4-3-5-8-11/h12H,2-10H2,1H3/q+1. The van der Waals surface area contributed by atoms with Crippen LogP contribution in [0.2, 0.25) is 0 Å². The van der Waals surface area contributed by atoms with Gasteiger partial charge in [-0.15, -0.1) is 0 Å². The summed E-state index contributed by atoms with van der Waals surface area (Å²) in [5.74, 6) is 0. The molecule has 2 nitrogen and oxygen atoms in total. The Bertz CT molecular complexity index is 103. The average Bonchev–Trinajstić information content (AvgIpc) is 2.07. The Kier molecular flexibility index (Phi) is 4.02. The average molecular weight is 172 g/mol. The maximum Gasteiger partial charge on any atom is 0.102 e. The van der Waals surface area contributed by atoms with Gasteiger partial charge in [0.1, 0.15) is 6.54 Å². The second-order valence-corrected chi connectivity index (χ2v) is 4.02. The molecule has 0 radical (unpaired) electrons. The van der Waals surface area contributed by atoms with Crippen LogP contribution in [-0.2, 0) is 0 Å². The van der Waals surface area contributed by atoms with Gasteiger partial charge in [-0.05, 0) is 25.7 Å². The predicted molar refractivity (Wildman–Crippen MR) is 51.0 cm³/mol. The maximum absolute atomic E-state index is 8.99.